The van der Waals surface area contributed by atoms with Gasteiger partial charge < -0.3 is 16.8 Å². The second-order valence-electron chi connectivity index (χ2n) is 4.69. The van der Waals surface area contributed by atoms with Crippen LogP contribution in [0.15, 0.2) is 54.9 Å². The first-order valence-electron chi connectivity index (χ1n) is 6.44. The number of pyridine rings is 1. The van der Waals surface area contributed by atoms with Gasteiger partial charge in [0.25, 0.3) is 0 Å². The minimum absolute atomic E-state index is 0.411. The lowest BCUT2D eigenvalue weighted by molar-refractivity contribution is 0.100. The van der Waals surface area contributed by atoms with E-state index >= 15 is 0 Å². The third-order valence-corrected chi connectivity index (χ3v) is 3.29. The molecule has 0 aliphatic carbocycles. The number of hydrogen-bond donors (Lipinski definition) is 3. The highest BCUT2D eigenvalue weighted by molar-refractivity contribution is 5.98. The highest BCUT2D eigenvalue weighted by atomic mass is 16.1. The molecule has 1 heterocycles. The summed E-state index contributed by atoms with van der Waals surface area (Å²) in [5.74, 6) is -0.486. The number of nitrogens with zero attached hydrogens (tertiary/aromatic N) is 1. The van der Waals surface area contributed by atoms with Gasteiger partial charge in [0.15, 0.2) is 0 Å². The van der Waals surface area contributed by atoms with Crippen LogP contribution in [-0.4, -0.2) is 10.9 Å². The molecule has 5 N–H and O–H groups in total. The van der Waals surface area contributed by atoms with Crippen molar-refractivity contribution in [3.8, 4) is 0 Å². The number of hydrogen-bond acceptors (Lipinski definition) is 4. The molecule has 0 unspecified atom stereocenters. The summed E-state index contributed by atoms with van der Waals surface area (Å²) in [6, 6.07) is 12.7. The minimum Gasteiger partial charge on any atom is -0.397 e. The van der Waals surface area contributed by atoms with E-state index in [9.17, 15) is 4.79 Å². The first-order valence-corrected chi connectivity index (χ1v) is 6.44. The standard InChI is InChI=1S/C16H14N4O/c17-13-5-4-10(16(18)21)8-15(13)20-14-3-1-2-11-9-19-7-6-12(11)14/h1-9,20H,17H2,(H2,18,21). The first kappa shape index (κ1) is 12.9. The maximum Gasteiger partial charge on any atom is 0.248 e. The smallest absolute Gasteiger partial charge is 0.248 e. The van der Waals surface area contributed by atoms with Gasteiger partial charge in [-0.15, -0.1) is 0 Å². The molecular formula is C16H14N4O. The van der Waals surface area contributed by atoms with Crippen molar-refractivity contribution in [2.75, 3.05) is 11.1 Å². The predicted molar refractivity (Wildman–Crippen MR) is 84.4 cm³/mol. The second kappa shape index (κ2) is 5.13. The van der Waals surface area contributed by atoms with Crippen LogP contribution in [0.1, 0.15) is 10.4 Å². The summed E-state index contributed by atoms with van der Waals surface area (Å²) < 4.78 is 0. The molecule has 0 atom stereocenters. The summed E-state index contributed by atoms with van der Waals surface area (Å²) >= 11 is 0. The van der Waals surface area contributed by atoms with Gasteiger partial charge in [-0.3, -0.25) is 9.78 Å². The molecular weight excluding hydrogens is 264 g/mol. The Morgan fingerprint density at radius 2 is 1.95 bits per heavy atom. The Balaban J connectivity index is 2.06. The van der Waals surface area contributed by atoms with Crippen molar-refractivity contribution in [2.45, 2.75) is 0 Å². The number of nitrogens with one attached hydrogen (secondary N) is 1. The average molecular weight is 278 g/mol. The van der Waals surface area contributed by atoms with Crippen molar-refractivity contribution in [2.24, 2.45) is 5.73 Å². The van der Waals surface area contributed by atoms with Crippen LogP contribution < -0.4 is 16.8 Å². The summed E-state index contributed by atoms with van der Waals surface area (Å²) in [4.78, 5) is 15.4. The monoisotopic (exact) mass is 278 g/mol. The third kappa shape index (κ3) is 2.49. The molecule has 0 aliphatic rings. The van der Waals surface area contributed by atoms with E-state index in [4.69, 9.17) is 11.5 Å². The van der Waals surface area contributed by atoms with Gasteiger partial charge in [0.1, 0.15) is 0 Å². The van der Waals surface area contributed by atoms with Gasteiger partial charge in [-0.2, -0.15) is 0 Å². The number of carbonyl (C=O) groups is 1. The molecule has 1 aromatic heterocycles. The van der Waals surface area contributed by atoms with Crippen LogP contribution in [-0.2, 0) is 0 Å². The zero-order valence-corrected chi connectivity index (χ0v) is 11.2. The molecule has 2 aromatic carbocycles. The molecule has 0 radical (unpaired) electrons. The number of primary amides is 1. The van der Waals surface area contributed by atoms with E-state index in [0.717, 1.165) is 16.5 Å². The summed E-state index contributed by atoms with van der Waals surface area (Å²) in [6.07, 6.45) is 3.53. The molecule has 0 spiro atoms. The lowest BCUT2D eigenvalue weighted by Gasteiger charge is -2.12. The lowest BCUT2D eigenvalue weighted by Crippen LogP contribution is -2.11. The van der Waals surface area contributed by atoms with Crippen LogP contribution in [0, 0.1) is 0 Å². The first-order chi connectivity index (χ1) is 10.1. The Bertz CT molecular complexity index is 824. The second-order valence-corrected chi connectivity index (χ2v) is 4.69. The molecule has 3 aromatic rings. The number of anilines is 3. The van der Waals surface area contributed by atoms with E-state index in [0.29, 0.717) is 16.9 Å². The van der Waals surface area contributed by atoms with Gasteiger partial charge in [-0.1, -0.05) is 12.1 Å². The summed E-state index contributed by atoms with van der Waals surface area (Å²) in [7, 11) is 0. The van der Waals surface area contributed by atoms with Gasteiger partial charge in [0.2, 0.25) is 5.91 Å². The fourth-order valence-corrected chi connectivity index (χ4v) is 2.19. The molecule has 1 amide bonds. The number of rotatable bonds is 3. The Labute approximate surface area is 121 Å². The molecule has 0 aliphatic heterocycles. The minimum atomic E-state index is -0.486. The van der Waals surface area contributed by atoms with E-state index in [1.54, 1.807) is 30.6 Å². The number of aromatic nitrogens is 1. The van der Waals surface area contributed by atoms with Crippen molar-refractivity contribution in [3.05, 3.63) is 60.4 Å². The molecule has 5 heteroatoms. The molecule has 3 rings (SSSR count). The van der Waals surface area contributed by atoms with Gasteiger partial charge in [0, 0.05) is 34.4 Å². The van der Waals surface area contributed by atoms with E-state index in [1.807, 2.05) is 24.3 Å². The van der Waals surface area contributed by atoms with Crippen LogP contribution >= 0.6 is 0 Å². The van der Waals surface area contributed by atoms with Gasteiger partial charge in [-0.25, -0.2) is 0 Å². The Hall–Kier alpha value is -3.08. The topological polar surface area (TPSA) is 94.0 Å². The van der Waals surface area contributed by atoms with Gasteiger partial charge in [-0.05, 0) is 30.3 Å². The zero-order chi connectivity index (χ0) is 14.8. The highest BCUT2D eigenvalue weighted by Gasteiger charge is 2.07. The summed E-state index contributed by atoms with van der Waals surface area (Å²) in [5, 5.41) is 5.29. The Kier molecular flexibility index (Phi) is 3.16. The molecule has 0 saturated heterocycles. The fraction of sp³-hybridized carbons (Fsp3) is 0. The number of nitrogen functional groups attached to an aromatic ring is 1. The van der Waals surface area contributed by atoms with Gasteiger partial charge >= 0.3 is 0 Å². The fourth-order valence-electron chi connectivity index (χ4n) is 2.19. The molecule has 21 heavy (non-hydrogen) atoms. The maximum atomic E-state index is 11.3. The maximum absolute atomic E-state index is 11.3. The molecule has 0 fully saturated rings. The number of carbonyl (C=O) groups excluding carboxylic acids is 1. The molecule has 5 nitrogen and oxygen atoms in total. The van der Waals surface area contributed by atoms with Crippen LogP contribution in [0.4, 0.5) is 17.1 Å². The van der Waals surface area contributed by atoms with Crippen LogP contribution in [0.2, 0.25) is 0 Å². The Morgan fingerprint density at radius 1 is 1.10 bits per heavy atom. The summed E-state index contributed by atoms with van der Waals surface area (Å²) in [5.41, 5.74) is 13.8. The number of fused-ring (bicyclic) bond motifs is 1. The van der Waals surface area contributed by atoms with Crippen molar-refractivity contribution >= 4 is 33.7 Å². The number of amides is 1. The molecule has 104 valence electrons. The van der Waals surface area contributed by atoms with E-state index in [1.165, 1.54) is 0 Å². The Morgan fingerprint density at radius 3 is 2.76 bits per heavy atom. The quantitative estimate of drug-likeness (QED) is 0.642. The van der Waals surface area contributed by atoms with Crippen molar-refractivity contribution < 1.29 is 4.79 Å². The average Bonchev–Trinajstić information content (AvgIpc) is 2.49. The molecule has 0 bridgehead atoms. The van der Waals surface area contributed by atoms with Crippen molar-refractivity contribution in [1.82, 2.24) is 4.98 Å². The van der Waals surface area contributed by atoms with Crippen LogP contribution in [0.3, 0.4) is 0 Å². The largest absolute Gasteiger partial charge is 0.397 e. The van der Waals surface area contributed by atoms with Crippen molar-refractivity contribution in [3.63, 3.8) is 0 Å². The van der Waals surface area contributed by atoms with E-state index in [-0.39, 0.29) is 0 Å². The predicted octanol–water partition coefficient (Wildman–Crippen LogP) is 2.66. The van der Waals surface area contributed by atoms with Crippen molar-refractivity contribution in [1.29, 1.82) is 0 Å². The van der Waals surface area contributed by atoms with E-state index < -0.39 is 5.91 Å². The van der Waals surface area contributed by atoms with Crippen LogP contribution in [0.25, 0.3) is 10.8 Å². The normalized spacial score (nSPS) is 10.5. The summed E-state index contributed by atoms with van der Waals surface area (Å²) in [6.45, 7) is 0. The van der Waals surface area contributed by atoms with E-state index in [2.05, 4.69) is 10.3 Å². The van der Waals surface area contributed by atoms with Crippen LogP contribution in [0.5, 0.6) is 0 Å². The van der Waals surface area contributed by atoms with Gasteiger partial charge in [0.05, 0.1) is 11.4 Å². The SMILES string of the molecule is NC(=O)c1ccc(N)c(Nc2cccc3cnccc23)c1. The number of benzene rings is 2. The third-order valence-electron chi connectivity index (χ3n) is 3.29. The lowest BCUT2D eigenvalue weighted by atomic mass is 10.1. The highest BCUT2D eigenvalue weighted by Crippen LogP contribution is 2.29. The zero-order valence-electron chi connectivity index (χ0n) is 11.2. The molecule has 0 saturated carbocycles. The number of nitrogens with two attached hydrogens (primary N) is 2.